The topological polar surface area (TPSA) is 42.2 Å². The summed E-state index contributed by atoms with van der Waals surface area (Å²) >= 11 is 0. The Hall–Kier alpha value is -2.03. The standard InChI is InChI=1S/C20H27NO2/c1-2-3-4-5-6-7-8-9-10-13-17-16-20(22)18-14-11-12-15-19(18)21(17)23/h7-8,11-12,14-16,23H,2-6,9-10,13H2,1H3/b8-7-. The molecule has 124 valence electrons. The van der Waals surface area contributed by atoms with Crippen molar-refractivity contribution in [2.75, 3.05) is 0 Å². The summed E-state index contributed by atoms with van der Waals surface area (Å²) in [6.45, 7) is 2.23. The zero-order valence-corrected chi connectivity index (χ0v) is 14.0. The smallest absolute Gasteiger partial charge is 0.189 e. The van der Waals surface area contributed by atoms with Crippen LogP contribution in [0, 0.1) is 0 Å². The summed E-state index contributed by atoms with van der Waals surface area (Å²) in [6, 6.07) is 8.72. The van der Waals surface area contributed by atoms with Crippen LogP contribution in [0.3, 0.4) is 0 Å². The lowest BCUT2D eigenvalue weighted by Gasteiger charge is -2.09. The number of fused-ring (bicyclic) bond motifs is 1. The number of unbranched alkanes of at least 4 members (excludes halogenated alkanes) is 5. The first-order valence-corrected chi connectivity index (χ1v) is 8.72. The van der Waals surface area contributed by atoms with Gasteiger partial charge in [0.2, 0.25) is 0 Å². The molecule has 0 unspecified atom stereocenters. The molecule has 3 heteroatoms. The van der Waals surface area contributed by atoms with E-state index in [4.69, 9.17) is 0 Å². The summed E-state index contributed by atoms with van der Waals surface area (Å²) in [5, 5.41) is 10.8. The van der Waals surface area contributed by atoms with Gasteiger partial charge in [-0.15, -0.1) is 0 Å². The molecular formula is C20H27NO2. The van der Waals surface area contributed by atoms with E-state index in [2.05, 4.69) is 19.1 Å². The fourth-order valence-corrected chi connectivity index (χ4v) is 2.82. The van der Waals surface area contributed by atoms with Gasteiger partial charge < -0.3 is 5.21 Å². The van der Waals surface area contributed by atoms with Crippen LogP contribution in [-0.2, 0) is 6.42 Å². The Morgan fingerprint density at radius 1 is 1.04 bits per heavy atom. The maximum absolute atomic E-state index is 12.1. The molecule has 1 aromatic heterocycles. The van der Waals surface area contributed by atoms with Gasteiger partial charge in [0.25, 0.3) is 0 Å². The highest BCUT2D eigenvalue weighted by Crippen LogP contribution is 2.13. The van der Waals surface area contributed by atoms with Crippen molar-refractivity contribution in [3.05, 3.63) is 58.4 Å². The minimum atomic E-state index is -0.0210. The average Bonchev–Trinajstić information content (AvgIpc) is 2.57. The van der Waals surface area contributed by atoms with E-state index >= 15 is 0 Å². The number of allylic oxidation sites excluding steroid dienone is 2. The van der Waals surface area contributed by atoms with Gasteiger partial charge in [-0.05, 0) is 44.2 Å². The minimum absolute atomic E-state index is 0.0210. The summed E-state index contributed by atoms with van der Waals surface area (Å²) in [5.41, 5.74) is 1.25. The number of hydrogen-bond donors (Lipinski definition) is 1. The van der Waals surface area contributed by atoms with Gasteiger partial charge in [-0.25, -0.2) is 0 Å². The summed E-state index contributed by atoms with van der Waals surface area (Å²) in [6.07, 6.45) is 13.4. The van der Waals surface area contributed by atoms with Crippen molar-refractivity contribution in [2.45, 2.75) is 58.3 Å². The molecule has 0 aliphatic heterocycles. The van der Waals surface area contributed by atoms with Gasteiger partial charge in [-0.1, -0.05) is 50.5 Å². The highest BCUT2D eigenvalue weighted by atomic mass is 16.5. The average molecular weight is 313 g/mol. The molecule has 1 aromatic carbocycles. The van der Waals surface area contributed by atoms with Crippen LogP contribution in [0.15, 0.2) is 47.3 Å². The fourth-order valence-electron chi connectivity index (χ4n) is 2.82. The molecule has 0 fully saturated rings. The second-order valence-electron chi connectivity index (χ2n) is 6.04. The van der Waals surface area contributed by atoms with Crippen LogP contribution in [0.4, 0.5) is 0 Å². The second kappa shape index (κ2) is 9.19. The number of rotatable bonds is 9. The van der Waals surface area contributed by atoms with Crippen LogP contribution < -0.4 is 5.43 Å². The molecule has 0 saturated heterocycles. The maximum Gasteiger partial charge on any atom is 0.189 e. The molecular weight excluding hydrogens is 286 g/mol. The maximum atomic E-state index is 12.1. The predicted octanol–water partition coefficient (Wildman–Crippen LogP) is 5.09. The van der Waals surface area contributed by atoms with E-state index in [1.165, 1.54) is 25.7 Å². The van der Waals surface area contributed by atoms with Gasteiger partial charge in [-0.2, -0.15) is 4.73 Å². The molecule has 3 nitrogen and oxygen atoms in total. The summed E-state index contributed by atoms with van der Waals surface area (Å²) < 4.78 is 1.16. The first-order valence-electron chi connectivity index (χ1n) is 8.72. The fraction of sp³-hybridized carbons (Fsp3) is 0.450. The summed E-state index contributed by atoms with van der Waals surface area (Å²) in [7, 11) is 0. The Kier molecular flexibility index (Phi) is 6.92. The monoisotopic (exact) mass is 313 g/mol. The van der Waals surface area contributed by atoms with E-state index in [0.717, 1.165) is 24.0 Å². The zero-order valence-electron chi connectivity index (χ0n) is 14.0. The second-order valence-corrected chi connectivity index (χ2v) is 6.04. The molecule has 2 rings (SSSR count). The first-order chi connectivity index (χ1) is 11.2. The number of hydrogen-bond acceptors (Lipinski definition) is 2. The molecule has 0 bridgehead atoms. The number of benzene rings is 1. The lowest BCUT2D eigenvalue weighted by molar-refractivity contribution is 0.187. The lowest BCUT2D eigenvalue weighted by atomic mass is 10.1. The van der Waals surface area contributed by atoms with Crippen LogP contribution in [0.25, 0.3) is 10.9 Å². The molecule has 0 amide bonds. The van der Waals surface area contributed by atoms with Crippen molar-refractivity contribution in [3.8, 4) is 0 Å². The van der Waals surface area contributed by atoms with Crippen molar-refractivity contribution in [3.63, 3.8) is 0 Å². The van der Waals surface area contributed by atoms with E-state index in [-0.39, 0.29) is 5.43 Å². The van der Waals surface area contributed by atoms with Crippen LogP contribution in [0.5, 0.6) is 0 Å². The van der Waals surface area contributed by atoms with Crippen LogP contribution >= 0.6 is 0 Å². The molecule has 0 aliphatic carbocycles. The van der Waals surface area contributed by atoms with Crippen molar-refractivity contribution >= 4 is 10.9 Å². The number of para-hydroxylation sites is 1. The third-order valence-electron chi connectivity index (χ3n) is 4.16. The molecule has 1 N–H and O–H groups in total. The molecule has 0 spiro atoms. The van der Waals surface area contributed by atoms with E-state index in [1.54, 1.807) is 18.2 Å². The highest BCUT2D eigenvalue weighted by Gasteiger charge is 2.07. The third kappa shape index (κ3) is 4.98. The Balaban J connectivity index is 1.85. The van der Waals surface area contributed by atoms with Crippen LogP contribution in [-0.4, -0.2) is 9.94 Å². The molecule has 0 radical (unpaired) electrons. The van der Waals surface area contributed by atoms with Gasteiger partial charge in [-0.3, -0.25) is 4.79 Å². The minimum Gasteiger partial charge on any atom is -0.428 e. The van der Waals surface area contributed by atoms with Gasteiger partial charge >= 0.3 is 0 Å². The molecule has 2 aromatic rings. The van der Waals surface area contributed by atoms with E-state index in [1.807, 2.05) is 12.1 Å². The lowest BCUT2D eigenvalue weighted by Crippen LogP contribution is -2.12. The van der Waals surface area contributed by atoms with Crippen molar-refractivity contribution in [1.29, 1.82) is 0 Å². The van der Waals surface area contributed by atoms with Crippen molar-refractivity contribution < 1.29 is 5.21 Å². The summed E-state index contributed by atoms with van der Waals surface area (Å²) in [4.78, 5) is 12.1. The van der Waals surface area contributed by atoms with Crippen molar-refractivity contribution in [1.82, 2.24) is 4.73 Å². The quantitative estimate of drug-likeness (QED) is 0.398. The normalized spacial score (nSPS) is 11.5. The Morgan fingerprint density at radius 2 is 1.78 bits per heavy atom. The van der Waals surface area contributed by atoms with Gasteiger partial charge in [0.1, 0.15) is 0 Å². The first kappa shape index (κ1) is 17.3. The third-order valence-corrected chi connectivity index (χ3v) is 4.16. The number of nitrogens with zero attached hydrogens (tertiary/aromatic N) is 1. The summed E-state index contributed by atoms with van der Waals surface area (Å²) in [5.74, 6) is 0. The highest BCUT2D eigenvalue weighted by molar-refractivity contribution is 5.78. The molecule has 0 saturated carbocycles. The SMILES string of the molecule is CCCCCC/C=C\CCCc1cc(=O)c2ccccc2n1O. The van der Waals surface area contributed by atoms with E-state index < -0.39 is 0 Å². The largest absolute Gasteiger partial charge is 0.428 e. The number of aromatic nitrogens is 1. The van der Waals surface area contributed by atoms with Gasteiger partial charge in [0.05, 0.1) is 11.2 Å². The van der Waals surface area contributed by atoms with Crippen molar-refractivity contribution in [2.24, 2.45) is 0 Å². The van der Waals surface area contributed by atoms with Crippen LogP contribution in [0.1, 0.15) is 57.6 Å². The van der Waals surface area contributed by atoms with Gasteiger partial charge in [0.15, 0.2) is 5.43 Å². The Bertz CT molecular complexity index is 700. The molecule has 1 heterocycles. The molecule has 23 heavy (non-hydrogen) atoms. The van der Waals surface area contributed by atoms with Crippen LogP contribution in [0.2, 0.25) is 0 Å². The molecule has 0 aliphatic rings. The number of aryl methyl sites for hydroxylation is 1. The van der Waals surface area contributed by atoms with E-state index in [9.17, 15) is 10.0 Å². The molecule has 0 atom stereocenters. The number of pyridine rings is 1. The van der Waals surface area contributed by atoms with Gasteiger partial charge in [0, 0.05) is 11.5 Å². The predicted molar refractivity (Wildman–Crippen MR) is 96.2 cm³/mol. The Labute approximate surface area is 138 Å². The zero-order chi connectivity index (χ0) is 16.5. The Morgan fingerprint density at radius 3 is 2.57 bits per heavy atom. The van der Waals surface area contributed by atoms with E-state index in [0.29, 0.717) is 23.0 Å².